The van der Waals surface area contributed by atoms with Gasteiger partial charge in [0.1, 0.15) is 0 Å². The molecule has 1 N–H and O–H groups in total. The topological polar surface area (TPSA) is 15.3 Å². The summed E-state index contributed by atoms with van der Waals surface area (Å²) < 4.78 is 0. The molecule has 2 aliphatic heterocycles. The lowest BCUT2D eigenvalue weighted by molar-refractivity contribution is 0.209. The molecular weight excluding hydrogens is 264 g/mol. The summed E-state index contributed by atoms with van der Waals surface area (Å²) in [4.78, 5) is 4.18. The third kappa shape index (κ3) is 3.38. The fourth-order valence-electron chi connectivity index (χ4n) is 3.47. The van der Waals surface area contributed by atoms with E-state index in [1.807, 2.05) is 11.8 Å². The van der Waals surface area contributed by atoms with Crippen LogP contribution in [0.1, 0.15) is 31.2 Å². The van der Waals surface area contributed by atoms with Gasteiger partial charge in [0.15, 0.2) is 0 Å². The molecule has 2 atom stereocenters. The van der Waals surface area contributed by atoms with Gasteiger partial charge in [0.05, 0.1) is 0 Å². The van der Waals surface area contributed by atoms with Crippen LogP contribution in [0.2, 0.25) is 0 Å². The number of benzene rings is 1. The first kappa shape index (κ1) is 14.4. The molecule has 2 unspecified atom stereocenters. The van der Waals surface area contributed by atoms with Crippen molar-refractivity contribution >= 4 is 11.8 Å². The van der Waals surface area contributed by atoms with Crippen LogP contribution in [-0.4, -0.2) is 43.4 Å². The highest BCUT2D eigenvalue weighted by atomic mass is 32.2. The third-order valence-corrected chi connectivity index (χ3v) is 5.89. The number of rotatable bonds is 5. The second kappa shape index (κ2) is 6.97. The van der Waals surface area contributed by atoms with Crippen molar-refractivity contribution in [1.29, 1.82) is 0 Å². The SMILES string of the molecule is CCN(CC1CCCNC1)CC1CSc2ccccc21. The molecular formula is C17H26N2S. The zero-order valence-electron chi connectivity index (χ0n) is 12.5. The maximum absolute atomic E-state index is 3.54. The second-order valence-electron chi connectivity index (χ2n) is 6.11. The Morgan fingerprint density at radius 2 is 2.20 bits per heavy atom. The van der Waals surface area contributed by atoms with E-state index in [-0.39, 0.29) is 0 Å². The highest BCUT2D eigenvalue weighted by Gasteiger charge is 2.25. The first-order chi connectivity index (χ1) is 9.86. The van der Waals surface area contributed by atoms with Gasteiger partial charge < -0.3 is 10.2 Å². The molecule has 1 aromatic carbocycles. The van der Waals surface area contributed by atoms with Crippen LogP contribution in [0.5, 0.6) is 0 Å². The number of nitrogens with zero attached hydrogens (tertiary/aromatic N) is 1. The molecule has 0 radical (unpaired) electrons. The molecule has 0 aliphatic carbocycles. The van der Waals surface area contributed by atoms with Gasteiger partial charge in [0, 0.05) is 29.7 Å². The predicted octanol–water partition coefficient (Wildman–Crippen LogP) is 3.20. The van der Waals surface area contributed by atoms with Gasteiger partial charge in [-0.2, -0.15) is 0 Å². The third-order valence-electron chi connectivity index (χ3n) is 4.64. The van der Waals surface area contributed by atoms with E-state index in [0.717, 1.165) is 11.8 Å². The maximum Gasteiger partial charge on any atom is 0.0108 e. The van der Waals surface area contributed by atoms with Crippen molar-refractivity contribution in [2.45, 2.75) is 30.6 Å². The molecule has 3 rings (SSSR count). The summed E-state index contributed by atoms with van der Waals surface area (Å²) in [6.07, 6.45) is 2.75. The number of hydrogen-bond donors (Lipinski definition) is 1. The average molecular weight is 290 g/mol. The van der Waals surface area contributed by atoms with E-state index < -0.39 is 0 Å². The quantitative estimate of drug-likeness (QED) is 0.896. The Morgan fingerprint density at radius 1 is 1.30 bits per heavy atom. The molecule has 0 spiro atoms. The van der Waals surface area contributed by atoms with Gasteiger partial charge in [-0.05, 0) is 50.0 Å². The zero-order valence-corrected chi connectivity index (χ0v) is 13.3. The van der Waals surface area contributed by atoms with Crippen LogP contribution in [0.3, 0.4) is 0 Å². The lowest BCUT2D eigenvalue weighted by Gasteiger charge is -2.31. The summed E-state index contributed by atoms with van der Waals surface area (Å²) in [7, 11) is 0. The summed E-state index contributed by atoms with van der Waals surface area (Å²) >= 11 is 2.04. The number of fused-ring (bicyclic) bond motifs is 1. The standard InChI is InChI=1S/C17H26N2S/c1-2-19(11-14-6-5-9-18-10-14)12-15-13-20-17-8-4-3-7-16(15)17/h3-4,7-8,14-15,18H,2,5-6,9-13H2,1H3. The predicted molar refractivity (Wildman–Crippen MR) is 87.6 cm³/mol. The molecule has 1 aromatic rings. The summed E-state index contributed by atoms with van der Waals surface area (Å²) in [5.74, 6) is 2.85. The van der Waals surface area contributed by atoms with Gasteiger partial charge in [0.25, 0.3) is 0 Å². The van der Waals surface area contributed by atoms with E-state index in [9.17, 15) is 0 Å². The Kier molecular flexibility index (Phi) is 5.03. The number of hydrogen-bond acceptors (Lipinski definition) is 3. The van der Waals surface area contributed by atoms with Crippen molar-refractivity contribution in [2.24, 2.45) is 5.92 Å². The second-order valence-corrected chi connectivity index (χ2v) is 7.17. The summed E-state index contributed by atoms with van der Waals surface area (Å²) in [6.45, 7) is 8.43. The number of likely N-dealkylation sites (N-methyl/N-ethyl adjacent to an activating group) is 1. The molecule has 110 valence electrons. The van der Waals surface area contributed by atoms with Crippen molar-refractivity contribution in [3.63, 3.8) is 0 Å². The molecule has 0 aromatic heterocycles. The van der Waals surface area contributed by atoms with E-state index in [2.05, 4.69) is 41.4 Å². The summed E-state index contributed by atoms with van der Waals surface area (Å²) in [5.41, 5.74) is 1.58. The van der Waals surface area contributed by atoms with E-state index in [1.165, 1.54) is 56.2 Å². The van der Waals surface area contributed by atoms with Crippen LogP contribution < -0.4 is 5.32 Å². The van der Waals surface area contributed by atoms with Crippen LogP contribution in [0.15, 0.2) is 29.2 Å². The Bertz CT molecular complexity index is 429. The first-order valence-electron chi connectivity index (χ1n) is 8.01. The lowest BCUT2D eigenvalue weighted by atomic mass is 9.97. The fraction of sp³-hybridized carbons (Fsp3) is 0.647. The average Bonchev–Trinajstić information content (AvgIpc) is 2.91. The highest BCUT2D eigenvalue weighted by molar-refractivity contribution is 7.99. The maximum atomic E-state index is 3.54. The molecule has 3 heteroatoms. The van der Waals surface area contributed by atoms with Gasteiger partial charge >= 0.3 is 0 Å². The monoisotopic (exact) mass is 290 g/mol. The Balaban J connectivity index is 1.58. The van der Waals surface area contributed by atoms with Crippen LogP contribution in [0, 0.1) is 5.92 Å². The van der Waals surface area contributed by atoms with Crippen molar-refractivity contribution < 1.29 is 0 Å². The van der Waals surface area contributed by atoms with Gasteiger partial charge in [-0.3, -0.25) is 0 Å². The minimum absolute atomic E-state index is 0.729. The smallest absolute Gasteiger partial charge is 0.0108 e. The van der Waals surface area contributed by atoms with Gasteiger partial charge in [-0.15, -0.1) is 11.8 Å². The lowest BCUT2D eigenvalue weighted by Crippen LogP contribution is -2.39. The molecule has 20 heavy (non-hydrogen) atoms. The van der Waals surface area contributed by atoms with E-state index in [1.54, 1.807) is 5.56 Å². The van der Waals surface area contributed by atoms with Crippen LogP contribution in [0.25, 0.3) is 0 Å². The fourth-order valence-corrected chi connectivity index (χ4v) is 4.71. The van der Waals surface area contributed by atoms with Crippen LogP contribution in [0.4, 0.5) is 0 Å². The minimum Gasteiger partial charge on any atom is -0.316 e. The molecule has 2 heterocycles. The first-order valence-corrected chi connectivity index (χ1v) is 9.00. The number of piperidine rings is 1. The summed E-state index contributed by atoms with van der Waals surface area (Å²) in [6, 6.07) is 8.97. The number of nitrogens with one attached hydrogen (secondary N) is 1. The van der Waals surface area contributed by atoms with Gasteiger partial charge in [-0.1, -0.05) is 25.1 Å². The van der Waals surface area contributed by atoms with Gasteiger partial charge in [0.2, 0.25) is 0 Å². The molecule has 2 aliphatic rings. The van der Waals surface area contributed by atoms with E-state index >= 15 is 0 Å². The highest BCUT2D eigenvalue weighted by Crippen LogP contribution is 2.39. The van der Waals surface area contributed by atoms with Crippen molar-refractivity contribution in [3.05, 3.63) is 29.8 Å². The molecule has 0 bridgehead atoms. The van der Waals surface area contributed by atoms with Crippen molar-refractivity contribution in [3.8, 4) is 0 Å². The minimum atomic E-state index is 0.729. The molecule has 1 fully saturated rings. The normalized spacial score (nSPS) is 25.9. The Morgan fingerprint density at radius 3 is 3.00 bits per heavy atom. The largest absolute Gasteiger partial charge is 0.316 e. The van der Waals surface area contributed by atoms with Crippen molar-refractivity contribution in [1.82, 2.24) is 10.2 Å². The molecule has 0 saturated carbocycles. The molecule has 1 saturated heterocycles. The molecule has 0 amide bonds. The molecule has 2 nitrogen and oxygen atoms in total. The summed E-state index contributed by atoms with van der Waals surface area (Å²) in [5, 5.41) is 3.54. The van der Waals surface area contributed by atoms with E-state index in [4.69, 9.17) is 0 Å². The number of thioether (sulfide) groups is 1. The van der Waals surface area contributed by atoms with Gasteiger partial charge in [-0.25, -0.2) is 0 Å². The van der Waals surface area contributed by atoms with Crippen LogP contribution >= 0.6 is 11.8 Å². The zero-order chi connectivity index (χ0) is 13.8. The van der Waals surface area contributed by atoms with E-state index in [0.29, 0.717) is 0 Å². The Hall–Kier alpha value is -0.510. The van der Waals surface area contributed by atoms with Crippen molar-refractivity contribution in [2.75, 3.05) is 38.5 Å². The van der Waals surface area contributed by atoms with Crippen LogP contribution in [-0.2, 0) is 0 Å². The Labute approximate surface area is 127 Å².